The Labute approximate surface area is 95.1 Å². The van der Waals surface area contributed by atoms with Gasteiger partial charge in [-0.1, -0.05) is 11.6 Å². The maximum atomic E-state index is 13.8. The lowest BCUT2D eigenvalue weighted by Crippen LogP contribution is -1.98. The number of aryl methyl sites for hydroxylation is 2. The summed E-state index contributed by atoms with van der Waals surface area (Å²) in [7, 11) is 0. The number of halogens is 2. The van der Waals surface area contributed by atoms with Gasteiger partial charge in [0.1, 0.15) is 11.3 Å². The second-order valence-electron chi connectivity index (χ2n) is 3.48. The highest BCUT2D eigenvalue weighted by molar-refractivity contribution is 6.32. The fourth-order valence-corrected chi connectivity index (χ4v) is 1.77. The summed E-state index contributed by atoms with van der Waals surface area (Å²) in [6.07, 6.45) is 0. The smallest absolute Gasteiger partial charge is 0.352 e. The van der Waals surface area contributed by atoms with Crippen LogP contribution >= 0.6 is 11.6 Å². The molecule has 16 heavy (non-hydrogen) atoms. The largest absolute Gasteiger partial charge is 0.477 e. The van der Waals surface area contributed by atoms with Crippen LogP contribution in [-0.2, 0) is 0 Å². The number of H-pyrrole nitrogens is 1. The van der Waals surface area contributed by atoms with Gasteiger partial charge in [0.25, 0.3) is 0 Å². The van der Waals surface area contributed by atoms with E-state index in [1.165, 1.54) is 6.92 Å². The average molecular weight is 243 g/mol. The number of fused-ring (bicyclic) bond motifs is 1. The molecular formula is C10H8ClFN2O2. The molecule has 0 aliphatic heterocycles. The maximum Gasteiger partial charge on any atom is 0.352 e. The lowest BCUT2D eigenvalue weighted by molar-refractivity contribution is 0.0690. The normalized spacial score (nSPS) is 11.0. The van der Waals surface area contributed by atoms with Crippen molar-refractivity contribution in [2.75, 3.05) is 0 Å². The van der Waals surface area contributed by atoms with Crippen LogP contribution in [0.1, 0.15) is 21.7 Å². The van der Waals surface area contributed by atoms with Crippen molar-refractivity contribution in [2.45, 2.75) is 13.8 Å². The van der Waals surface area contributed by atoms with Crippen LogP contribution in [0.5, 0.6) is 0 Å². The molecule has 0 aliphatic rings. The Kier molecular flexibility index (Phi) is 2.35. The van der Waals surface area contributed by atoms with E-state index in [1.807, 2.05) is 0 Å². The summed E-state index contributed by atoms with van der Waals surface area (Å²) in [6.45, 7) is 3.07. The van der Waals surface area contributed by atoms with Crippen molar-refractivity contribution in [3.8, 4) is 0 Å². The van der Waals surface area contributed by atoms with Gasteiger partial charge in [0, 0.05) is 0 Å². The van der Waals surface area contributed by atoms with E-state index in [-0.39, 0.29) is 21.7 Å². The number of hydrogen-bond acceptors (Lipinski definition) is 2. The van der Waals surface area contributed by atoms with Gasteiger partial charge in [-0.05, 0) is 19.4 Å². The second-order valence-corrected chi connectivity index (χ2v) is 3.86. The molecule has 0 bridgehead atoms. The molecule has 84 valence electrons. The molecule has 2 aromatic heterocycles. The van der Waals surface area contributed by atoms with Gasteiger partial charge < -0.3 is 10.1 Å². The van der Waals surface area contributed by atoms with Crippen LogP contribution in [-0.4, -0.2) is 21.0 Å². The minimum atomic E-state index is -1.15. The topological polar surface area (TPSA) is 66.0 Å². The zero-order valence-corrected chi connectivity index (χ0v) is 9.31. The van der Waals surface area contributed by atoms with Crippen LogP contribution in [0.3, 0.4) is 0 Å². The minimum Gasteiger partial charge on any atom is -0.477 e. The number of pyridine rings is 1. The van der Waals surface area contributed by atoms with Crippen LogP contribution < -0.4 is 0 Å². The highest BCUT2D eigenvalue weighted by Gasteiger charge is 2.20. The van der Waals surface area contributed by atoms with Crippen LogP contribution in [0.4, 0.5) is 4.39 Å². The summed E-state index contributed by atoms with van der Waals surface area (Å²) in [6, 6.07) is 0. The van der Waals surface area contributed by atoms with Gasteiger partial charge in [-0.3, -0.25) is 0 Å². The molecule has 0 atom stereocenters. The molecule has 0 aliphatic carbocycles. The average Bonchev–Trinajstić information content (AvgIpc) is 2.52. The predicted octanol–water partition coefficient (Wildman–Crippen LogP) is 2.67. The number of nitrogens with zero attached hydrogens (tertiary/aromatic N) is 1. The standard InChI is InChI=1S/C10H8ClFN2O2/c1-3-5-7(12)6(11)4(2)13-9(5)14-8(3)10(15)16/h1-2H3,(H,13,14)(H,15,16). The Morgan fingerprint density at radius 3 is 2.69 bits per heavy atom. The van der Waals surface area contributed by atoms with E-state index < -0.39 is 11.8 Å². The number of hydrogen-bond donors (Lipinski definition) is 2. The van der Waals surface area contributed by atoms with E-state index in [0.717, 1.165) is 0 Å². The van der Waals surface area contributed by atoms with Gasteiger partial charge in [0.15, 0.2) is 5.82 Å². The van der Waals surface area contributed by atoms with E-state index in [0.29, 0.717) is 11.3 Å². The molecule has 2 N–H and O–H groups in total. The van der Waals surface area contributed by atoms with Crippen molar-refractivity contribution < 1.29 is 14.3 Å². The molecule has 0 amide bonds. The Morgan fingerprint density at radius 1 is 1.50 bits per heavy atom. The first-order valence-corrected chi connectivity index (χ1v) is 4.88. The third kappa shape index (κ3) is 1.36. The molecule has 6 heteroatoms. The number of carboxylic acid groups (broad SMARTS) is 1. The van der Waals surface area contributed by atoms with Gasteiger partial charge in [0.2, 0.25) is 0 Å². The van der Waals surface area contributed by atoms with Gasteiger partial charge in [-0.25, -0.2) is 14.2 Å². The van der Waals surface area contributed by atoms with Gasteiger partial charge in [-0.2, -0.15) is 0 Å². The van der Waals surface area contributed by atoms with E-state index >= 15 is 0 Å². The fourth-order valence-electron chi connectivity index (χ4n) is 1.63. The molecule has 4 nitrogen and oxygen atoms in total. The van der Waals surface area contributed by atoms with E-state index in [4.69, 9.17) is 16.7 Å². The molecule has 0 unspecified atom stereocenters. The number of aromatic amines is 1. The quantitative estimate of drug-likeness (QED) is 0.808. The summed E-state index contributed by atoms with van der Waals surface area (Å²) in [4.78, 5) is 17.4. The van der Waals surface area contributed by atoms with Crippen molar-refractivity contribution in [1.82, 2.24) is 9.97 Å². The maximum absolute atomic E-state index is 13.8. The first kappa shape index (κ1) is 10.9. The monoisotopic (exact) mass is 242 g/mol. The molecule has 2 rings (SSSR count). The molecule has 0 spiro atoms. The van der Waals surface area contributed by atoms with Gasteiger partial charge in [0.05, 0.1) is 16.1 Å². The molecule has 2 heterocycles. The van der Waals surface area contributed by atoms with Gasteiger partial charge >= 0.3 is 5.97 Å². The number of carboxylic acids is 1. The van der Waals surface area contributed by atoms with Crippen LogP contribution in [0, 0.1) is 19.7 Å². The first-order valence-electron chi connectivity index (χ1n) is 4.50. The third-order valence-corrected chi connectivity index (χ3v) is 2.89. The fraction of sp³-hybridized carbons (Fsp3) is 0.200. The Morgan fingerprint density at radius 2 is 2.12 bits per heavy atom. The van der Waals surface area contributed by atoms with Crippen molar-refractivity contribution in [3.63, 3.8) is 0 Å². The van der Waals surface area contributed by atoms with Crippen molar-refractivity contribution in [3.05, 3.63) is 27.8 Å². The summed E-state index contributed by atoms with van der Waals surface area (Å²) in [5.74, 6) is -1.78. The van der Waals surface area contributed by atoms with Gasteiger partial charge in [-0.15, -0.1) is 0 Å². The Balaban J connectivity index is 2.93. The molecular weight excluding hydrogens is 235 g/mol. The molecule has 0 saturated carbocycles. The zero-order valence-electron chi connectivity index (χ0n) is 8.56. The summed E-state index contributed by atoms with van der Waals surface area (Å²) >= 11 is 5.72. The zero-order chi connectivity index (χ0) is 12.0. The summed E-state index contributed by atoms with van der Waals surface area (Å²) in [5.41, 5.74) is 0.761. The van der Waals surface area contributed by atoms with E-state index in [2.05, 4.69) is 9.97 Å². The minimum absolute atomic E-state index is 0.0666. The highest BCUT2D eigenvalue weighted by Crippen LogP contribution is 2.29. The lowest BCUT2D eigenvalue weighted by atomic mass is 10.1. The predicted molar refractivity (Wildman–Crippen MR) is 57.5 cm³/mol. The summed E-state index contributed by atoms with van der Waals surface area (Å²) in [5, 5.41) is 8.94. The Hall–Kier alpha value is -1.62. The van der Waals surface area contributed by atoms with Crippen LogP contribution in [0.25, 0.3) is 11.0 Å². The Bertz CT molecular complexity index is 607. The van der Waals surface area contributed by atoms with Crippen molar-refractivity contribution in [1.29, 1.82) is 0 Å². The first-order chi connectivity index (χ1) is 7.43. The SMILES string of the molecule is Cc1nc2[nH]c(C(=O)O)c(C)c2c(F)c1Cl. The number of rotatable bonds is 1. The highest BCUT2D eigenvalue weighted by atomic mass is 35.5. The molecule has 0 fully saturated rings. The van der Waals surface area contributed by atoms with Crippen molar-refractivity contribution >= 4 is 28.6 Å². The lowest BCUT2D eigenvalue weighted by Gasteiger charge is -2.00. The molecule has 0 aromatic carbocycles. The number of nitrogens with one attached hydrogen (secondary N) is 1. The van der Waals surface area contributed by atoms with E-state index in [9.17, 15) is 9.18 Å². The van der Waals surface area contributed by atoms with Crippen molar-refractivity contribution in [2.24, 2.45) is 0 Å². The second kappa shape index (κ2) is 3.45. The summed E-state index contributed by atoms with van der Waals surface area (Å²) < 4.78 is 13.8. The number of aromatic carboxylic acids is 1. The van der Waals surface area contributed by atoms with E-state index in [1.54, 1.807) is 6.92 Å². The van der Waals surface area contributed by atoms with Crippen LogP contribution in [0.2, 0.25) is 5.02 Å². The number of aromatic nitrogens is 2. The molecule has 2 aromatic rings. The molecule has 0 radical (unpaired) electrons. The third-order valence-electron chi connectivity index (χ3n) is 2.45. The molecule has 0 saturated heterocycles. The number of carbonyl (C=O) groups is 1. The van der Waals surface area contributed by atoms with Crippen LogP contribution in [0.15, 0.2) is 0 Å².